The summed E-state index contributed by atoms with van der Waals surface area (Å²) in [7, 11) is 0. The van der Waals surface area contributed by atoms with Crippen LogP contribution in [0.1, 0.15) is 39.3 Å². The van der Waals surface area contributed by atoms with Gasteiger partial charge in [0, 0.05) is 10.4 Å². The minimum atomic E-state index is -0.0467. The molecule has 2 aromatic rings. The van der Waals surface area contributed by atoms with E-state index in [0.717, 1.165) is 25.9 Å². The molecule has 0 aliphatic heterocycles. The number of benzene rings is 1. The fourth-order valence-corrected chi connectivity index (χ4v) is 3.04. The lowest BCUT2D eigenvalue weighted by molar-refractivity contribution is 0.0940. The Kier molecular flexibility index (Phi) is 4.27. The van der Waals surface area contributed by atoms with E-state index in [2.05, 4.69) is 5.32 Å². The molecule has 0 aliphatic rings. The summed E-state index contributed by atoms with van der Waals surface area (Å²) in [4.78, 5) is 13.3. The Bertz CT molecular complexity index is 606. The molecular weight excluding hydrogens is 278 g/mol. The molecule has 1 N–H and O–H groups in total. The summed E-state index contributed by atoms with van der Waals surface area (Å²) in [6, 6.07) is 9.59. The molecule has 1 atom stereocenters. The van der Waals surface area contributed by atoms with Crippen LogP contribution in [0.2, 0.25) is 4.34 Å². The lowest BCUT2D eigenvalue weighted by Gasteiger charge is -2.13. The predicted octanol–water partition coefficient (Wildman–Crippen LogP) is 4.51. The molecule has 2 rings (SSSR count). The standard InChI is InChI=1S/C15H16ClNOS/c1-9-4-5-12(10(2)8-9)15(18)17-11(3)13-6-7-14(16)19-13/h4-8,11H,1-3H3,(H,17,18)/t11-/m0/s1. The van der Waals surface area contributed by atoms with Crippen molar-refractivity contribution in [3.8, 4) is 0 Å². The fraction of sp³-hybridized carbons (Fsp3) is 0.267. The van der Waals surface area contributed by atoms with E-state index in [1.54, 1.807) is 0 Å². The molecule has 0 unspecified atom stereocenters. The van der Waals surface area contributed by atoms with Crippen LogP contribution in [-0.4, -0.2) is 5.91 Å². The smallest absolute Gasteiger partial charge is 0.252 e. The van der Waals surface area contributed by atoms with Gasteiger partial charge in [-0.15, -0.1) is 11.3 Å². The van der Waals surface area contributed by atoms with Gasteiger partial charge < -0.3 is 5.32 Å². The van der Waals surface area contributed by atoms with Gasteiger partial charge in [0.1, 0.15) is 0 Å². The number of aryl methyl sites for hydroxylation is 2. The second kappa shape index (κ2) is 5.76. The molecule has 0 saturated carbocycles. The average Bonchev–Trinajstić information content (AvgIpc) is 2.75. The highest BCUT2D eigenvalue weighted by Gasteiger charge is 2.14. The molecule has 0 spiro atoms. The molecular formula is C15H16ClNOS. The van der Waals surface area contributed by atoms with E-state index in [0.29, 0.717) is 0 Å². The zero-order chi connectivity index (χ0) is 14.0. The maximum absolute atomic E-state index is 12.2. The zero-order valence-corrected chi connectivity index (χ0v) is 12.7. The predicted molar refractivity (Wildman–Crippen MR) is 81.1 cm³/mol. The fourth-order valence-electron chi connectivity index (χ4n) is 1.97. The number of carbonyl (C=O) groups excluding carboxylic acids is 1. The number of thiophene rings is 1. The summed E-state index contributed by atoms with van der Waals surface area (Å²) in [6.45, 7) is 5.93. The Labute approximate surface area is 122 Å². The van der Waals surface area contributed by atoms with E-state index in [-0.39, 0.29) is 11.9 Å². The van der Waals surface area contributed by atoms with E-state index < -0.39 is 0 Å². The number of halogens is 1. The number of hydrogen-bond acceptors (Lipinski definition) is 2. The van der Waals surface area contributed by atoms with E-state index >= 15 is 0 Å². The lowest BCUT2D eigenvalue weighted by atomic mass is 10.0. The molecule has 19 heavy (non-hydrogen) atoms. The molecule has 1 heterocycles. The third-order valence-corrected chi connectivity index (χ3v) is 4.41. The highest BCUT2D eigenvalue weighted by Crippen LogP contribution is 2.26. The second-order valence-electron chi connectivity index (χ2n) is 4.66. The molecule has 2 nitrogen and oxygen atoms in total. The Morgan fingerprint density at radius 3 is 2.58 bits per heavy atom. The Morgan fingerprint density at radius 2 is 2.00 bits per heavy atom. The van der Waals surface area contributed by atoms with Crippen LogP contribution in [0.25, 0.3) is 0 Å². The average molecular weight is 294 g/mol. The Balaban J connectivity index is 2.12. The summed E-state index contributed by atoms with van der Waals surface area (Å²) >= 11 is 7.40. The molecule has 1 aromatic heterocycles. The van der Waals surface area contributed by atoms with Gasteiger partial charge in [0.05, 0.1) is 10.4 Å². The first-order valence-electron chi connectivity index (χ1n) is 6.10. The van der Waals surface area contributed by atoms with Gasteiger partial charge in [-0.1, -0.05) is 29.3 Å². The highest BCUT2D eigenvalue weighted by atomic mass is 35.5. The van der Waals surface area contributed by atoms with Gasteiger partial charge in [0.25, 0.3) is 5.91 Å². The molecule has 4 heteroatoms. The van der Waals surface area contributed by atoms with Gasteiger partial charge in [-0.05, 0) is 44.5 Å². The van der Waals surface area contributed by atoms with Crippen molar-refractivity contribution in [1.29, 1.82) is 0 Å². The number of nitrogens with one attached hydrogen (secondary N) is 1. The van der Waals surface area contributed by atoms with Crippen LogP contribution in [-0.2, 0) is 0 Å². The number of amides is 1. The van der Waals surface area contributed by atoms with Gasteiger partial charge in [-0.2, -0.15) is 0 Å². The molecule has 0 radical (unpaired) electrons. The molecule has 0 aliphatic carbocycles. The molecule has 1 amide bonds. The maximum Gasteiger partial charge on any atom is 0.252 e. The van der Waals surface area contributed by atoms with Gasteiger partial charge in [-0.25, -0.2) is 0 Å². The first-order chi connectivity index (χ1) is 8.97. The van der Waals surface area contributed by atoms with Crippen LogP contribution in [0.15, 0.2) is 30.3 Å². The van der Waals surface area contributed by atoms with Crippen molar-refractivity contribution < 1.29 is 4.79 Å². The first-order valence-corrected chi connectivity index (χ1v) is 7.30. The van der Waals surface area contributed by atoms with Crippen LogP contribution >= 0.6 is 22.9 Å². The number of hydrogen-bond donors (Lipinski definition) is 1. The number of rotatable bonds is 3. The molecule has 100 valence electrons. The number of carbonyl (C=O) groups is 1. The van der Waals surface area contributed by atoms with Crippen molar-refractivity contribution >= 4 is 28.8 Å². The van der Waals surface area contributed by atoms with Crippen molar-refractivity contribution in [1.82, 2.24) is 5.32 Å². The van der Waals surface area contributed by atoms with Crippen LogP contribution in [0, 0.1) is 13.8 Å². The normalized spacial score (nSPS) is 12.2. The van der Waals surface area contributed by atoms with E-state index in [1.165, 1.54) is 11.3 Å². The zero-order valence-electron chi connectivity index (χ0n) is 11.2. The van der Waals surface area contributed by atoms with Gasteiger partial charge in [0.15, 0.2) is 0 Å². The first kappa shape index (κ1) is 14.1. The molecule has 0 saturated heterocycles. The quantitative estimate of drug-likeness (QED) is 0.886. The van der Waals surface area contributed by atoms with Crippen LogP contribution in [0.5, 0.6) is 0 Å². The minimum absolute atomic E-state index is 0.0364. The van der Waals surface area contributed by atoms with Crippen molar-refractivity contribution in [2.75, 3.05) is 0 Å². The van der Waals surface area contributed by atoms with E-state index in [9.17, 15) is 4.79 Å². The van der Waals surface area contributed by atoms with Crippen LogP contribution in [0.3, 0.4) is 0 Å². The maximum atomic E-state index is 12.2. The lowest BCUT2D eigenvalue weighted by Crippen LogP contribution is -2.26. The SMILES string of the molecule is Cc1ccc(C(=O)N[C@@H](C)c2ccc(Cl)s2)c(C)c1. The van der Waals surface area contributed by atoms with Crippen molar-refractivity contribution in [3.63, 3.8) is 0 Å². The summed E-state index contributed by atoms with van der Waals surface area (Å²) in [5.74, 6) is -0.0467. The second-order valence-corrected chi connectivity index (χ2v) is 6.40. The van der Waals surface area contributed by atoms with Crippen molar-refractivity contribution in [2.24, 2.45) is 0 Å². The summed E-state index contributed by atoms with van der Waals surface area (Å²) in [6.07, 6.45) is 0. The summed E-state index contributed by atoms with van der Waals surface area (Å²) < 4.78 is 0.739. The Morgan fingerprint density at radius 1 is 1.26 bits per heavy atom. The van der Waals surface area contributed by atoms with E-state index in [4.69, 9.17) is 11.6 Å². The van der Waals surface area contributed by atoms with Gasteiger partial charge in [-0.3, -0.25) is 4.79 Å². The summed E-state index contributed by atoms with van der Waals surface area (Å²) in [5.41, 5.74) is 2.88. The monoisotopic (exact) mass is 293 g/mol. The topological polar surface area (TPSA) is 29.1 Å². The minimum Gasteiger partial charge on any atom is -0.345 e. The molecule has 1 aromatic carbocycles. The van der Waals surface area contributed by atoms with Crippen LogP contribution < -0.4 is 5.32 Å². The third-order valence-electron chi connectivity index (χ3n) is 2.99. The van der Waals surface area contributed by atoms with Gasteiger partial charge >= 0.3 is 0 Å². The van der Waals surface area contributed by atoms with Crippen LogP contribution in [0.4, 0.5) is 0 Å². The van der Waals surface area contributed by atoms with Crippen molar-refractivity contribution in [3.05, 3.63) is 56.2 Å². The third kappa shape index (κ3) is 3.37. The van der Waals surface area contributed by atoms with Crippen molar-refractivity contribution in [2.45, 2.75) is 26.8 Å². The molecule has 0 fully saturated rings. The highest BCUT2D eigenvalue weighted by molar-refractivity contribution is 7.16. The summed E-state index contributed by atoms with van der Waals surface area (Å²) in [5, 5.41) is 3.00. The van der Waals surface area contributed by atoms with Gasteiger partial charge in [0.2, 0.25) is 0 Å². The Hall–Kier alpha value is -1.32. The van der Waals surface area contributed by atoms with E-state index in [1.807, 2.05) is 51.1 Å². The molecule has 0 bridgehead atoms. The largest absolute Gasteiger partial charge is 0.345 e.